The summed E-state index contributed by atoms with van der Waals surface area (Å²) in [6, 6.07) is 9.35. The molecule has 0 unspecified atom stereocenters. The smallest absolute Gasteiger partial charge is 0.257 e. The van der Waals surface area contributed by atoms with E-state index in [9.17, 15) is 4.79 Å². The Balaban J connectivity index is 2.01. The maximum atomic E-state index is 12.8. The summed E-state index contributed by atoms with van der Waals surface area (Å²) in [6.45, 7) is 2.72. The number of carbonyl (C=O) groups is 1. The van der Waals surface area contributed by atoms with E-state index in [1.807, 2.05) is 41.1 Å². The molecule has 0 bridgehead atoms. The average Bonchev–Trinajstić information content (AvgIpc) is 3.31. The molecular formula is C19H20N2O3S. The van der Waals surface area contributed by atoms with E-state index in [0.717, 1.165) is 29.7 Å². The van der Waals surface area contributed by atoms with Gasteiger partial charge in [0.15, 0.2) is 5.76 Å². The highest BCUT2D eigenvalue weighted by atomic mass is 32.1. The van der Waals surface area contributed by atoms with Crippen LogP contribution in [0.3, 0.4) is 0 Å². The van der Waals surface area contributed by atoms with E-state index >= 15 is 0 Å². The summed E-state index contributed by atoms with van der Waals surface area (Å²) in [5.41, 5.74) is 2.68. The molecular weight excluding hydrogens is 336 g/mol. The zero-order valence-electron chi connectivity index (χ0n) is 14.2. The minimum Gasteiger partial charge on any atom is -0.497 e. The molecule has 2 heterocycles. The molecule has 6 heteroatoms. The fraction of sp³-hybridized carbons (Fsp3) is 0.263. The topological polar surface area (TPSA) is 64.4 Å². The van der Waals surface area contributed by atoms with E-state index in [-0.39, 0.29) is 5.91 Å². The van der Waals surface area contributed by atoms with Gasteiger partial charge in [-0.25, -0.2) is 0 Å². The molecule has 0 saturated heterocycles. The van der Waals surface area contributed by atoms with Gasteiger partial charge in [0.2, 0.25) is 0 Å². The van der Waals surface area contributed by atoms with Gasteiger partial charge in [-0.15, -0.1) is 0 Å². The molecule has 0 radical (unpaired) electrons. The first-order valence-corrected chi connectivity index (χ1v) is 9.13. The predicted octanol–water partition coefficient (Wildman–Crippen LogP) is 4.61. The maximum Gasteiger partial charge on any atom is 0.257 e. The number of methoxy groups -OCH3 is 1. The van der Waals surface area contributed by atoms with Gasteiger partial charge in [-0.1, -0.05) is 18.5 Å². The number of hydrogen-bond acceptors (Lipinski definition) is 5. The lowest BCUT2D eigenvalue weighted by atomic mass is 10.0. The van der Waals surface area contributed by atoms with Crippen molar-refractivity contribution >= 4 is 17.2 Å². The van der Waals surface area contributed by atoms with Crippen LogP contribution in [0.5, 0.6) is 5.75 Å². The van der Waals surface area contributed by atoms with Crippen molar-refractivity contribution in [3.63, 3.8) is 0 Å². The van der Waals surface area contributed by atoms with Gasteiger partial charge in [0.1, 0.15) is 17.0 Å². The molecule has 0 atom stereocenters. The number of rotatable bonds is 7. The van der Waals surface area contributed by atoms with Crippen molar-refractivity contribution in [1.82, 2.24) is 10.5 Å². The van der Waals surface area contributed by atoms with Crippen LogP contribution in [-0.4, -0.2) is 24.7 Å². The van der Waals surface area contributed by atoms with Crippen LogP contribution in [0.2, 0.25) is 0 Å². The fourth-order valence-electron chi connectivity index (χ4n) is 2.50. The fourth-order valence-corrected chi connectivity index (χ4v) is 3.14. The summed E-state index contributed by atoms with van der Waals surface area (Å²) >= 11 is 1.55. The van der Waals surface area contributed by atoms with Gasteiger partial charge in [-0.2, -0.15) is 11.3 Å². The molecule has 0 spiro atoms. The number of benzene rings is 1. The molecule has 0 fully saturated rings. The van der Waals surface area contributed by atoms with Crippen molar-refractivity contribution in [2.24, 2.45) is 0 Å². The largest absolute Gasteiger partial charge is 0.497 e. The Morgan fingerprint density at radius 3 is 2.68 bits per heavy atom. The lowest BCUT2D eigenvalue weighted by molar-refractivity contribution is 0.0954. The average molecular weight is 356 g/mol. The first-order chi connectivity index (χ1) is 12.2. The Morgan fingerprint density at radius 2 is 2.04 bits per heavy atom. The summed E-state index contributed by atoms with van der Waals surface area (Å²) in [7, 11) is 1.62. The van der Waals surface area contributed by atoms with Crippen LogP contribution < -0.4 is 10.1 Å². The van der Waals surface area contributed by atoms with Crippen molar-refractivity contribution in [2.45, 2.75) is 19.8 Å². The van der Waals surface area contributed by atoms with E-state index in [0.29, 0.717) is 23.6 Å². The zero-order chi connectivity index (χ0) is 17.6. The Hall–Kier alpha value is -2.60. The van der Waals surface area contributed by atoms with E-state index < -0.39 is 0 Å². The third kappa shape index (κ3) is 3.74. The highest BCUT2D eigenvalue weighted by Crippen LogP contribution is 2.33. The summed E-state index contributed by atoms with van der Waals surface area (Å²) in [4.78, 5) is 12.8. The molecule has 3 aromatic rings. The normalized spacial score (nSPS) is 10.6. The minimum atomic E-state index is -0.165. The zero-order valence-corrected chi connectivity index (χ0v) is 15.1. The first-order valence-electron chi connectivity index (χ1n) is 8.19. The second-order valence-electron chi connectivity index (χ2n) is 5.59. The van der Waals surface area contributed by atoms with Crippen LogP contribution in [0, 0.1) is 0 Å². The Labute approximate surface area is 150 Å². The lowest BCUT2D eigenvalue weighted by Gasteiger charge is -2.06. The van der Waals surface area contributed by atoms with E-state index in [1.165, 1.54) is 0 Å². The number of carbonyl (C=O) groups excluding carboxylic acids is 1. The molecule has 1 N–H and O–H groups in total. The van der Waals surface area contributed by atoms with Crippen LogP contribution in [0.25, 0.3) is 22.6 Å². The number of nitrogens with zero attached hydrogens (tertiary/aromatic N) is 1. The standard InChI is InChI=1S/C19H20N2O3S/c1-3-4-10-20-19(22)16-17(13-5-7-15(23-2)8-6-13)21-24-18(16)14-9-11-25-12-14/h5-9,11-12H,3-4,10H2,1-2H3,(H,20,22). The molecule has 130 valence electrons. The number of thiophene rings is 1. The molecule has 25 heavy (non-hydrogen) atoms. The molecule has 5 nitrogen and oxygen atoms in total. The van der Waals surface area contributed by atoms with Gasteiger partial charge in [-0.3, -0.25) is 4.79 Å². The lowest BCUT2D eigenvalue weighted by Crippen LogP contribution is -2.25. The van der Waals surface area contributed by atoms with Gasteiger partial charge >= 0.3 is 0 Å². The first kappa shape index (κ1) is 17.2. The van der Waals surface area contributed by atoms with Gasteiger partial charge in [0, 0.05) is 23.1 Å². The highest BCUT2D eigenvalue weighted by Gasteiger charge is 2.25. The van der Waals surface area contributed by atoms with Crippen LogP contribution >= 0.6 is 11.3 Å². The summed E-state index contributed by atoms with van der Waals surface area (Å²) in [6.07, 6.45) is 1.95. The number of unbranched alkanes of at least 4 members (excludes halogenated alkanes) is 1. The van der Waals surface area contributed by atoms with Crippen molar-refractivity contribution in [3.8, 4) is 28.3 Å². The maximum absolute atomic E-state index is 12.8. The number of nitrogens with one attached hydrogen (secondary N) is 1. The van der Waals surface area contributed by atoms with E-state index in [1.54, 1.807) is 18.4 Å². The van der Waals surface area contributed by atoms with Crippen LogP contribution in [-0.2, 0) is 0 Å². The third-order valence-corrected chi connectivity index (χ3v) is 4.57. The van der Waals surface area contributed by atoms with Crippen LogP contribution in [0.15, 0.2) is 45.6 Å². The van der Waals surface area contributed by atoms with Crippen molar-refractivity contribution < 1.29 is 14.1 Å². The Bertz CT molecular complexity index is 823. The van der Waals surface area contributed by atoms with Gasteiger partial charge < -0.3 is 14.6 Å². The molecule has 0 aliphatic carbocycles. The molecule has 0 aliphatic heterocycles. The van der Waals surface area contributed by atoms with Crippen LogP contribution in [0.1, 0.15) is 30.1 Å². The SMILES string of the molecule is CCCCNC(=O)c1c(-c2ccc(OC)cc2)noc1-c1ccsc1. The molecule has 0 aliphatic rings. The second kappa shape index (κ2) is 7.98. The number of ether oxygens (including phenoxy) is 1. The summed E-state index contributed by atoms with van der Waals surface area (Å²) in [5.74, 6) is 1.09. The van der Waals surface area contributed by atoms with Gasteiger partial charge in [0.05, 0.1) is 7.11 Å². The molecule has 2 aromatic heterocycles. The molecule has 0 saturated carbocycles. The van der Waals surface area contributed by atoms with E-state index in [2.05, 4.69) is 17.4 Å². The predicted molar refractivity (Wildman–Crippen MR) is 99.0 cm³/mol. The quantitative estimate of drug-likeness (QED) is 0.628. The summed E-state index contributed by atoms with van der Waals surface area (Å²) < 4.78 is 10.7. The Kier molecular flexibility index (Phi) is 5.50. The molecule has 1 amide bonds. The van der Waals surface area contributed by atoms with Crippen LogP contribution in [0.4, 0.5) is 0 Å². The van der Waals surface area contributed by atoms with Crippen molar-refractivity contribution in [2.75, 3.05) is 13.7 Å². The monoisotopic (exact) mass is 356 g/mol. The Morgan fingerprint density at radius 1 is 1.24 bits per heavy atom. The third-order valence-electron chi connectivity index (χ3n) is 3.88. The molecule has 3 rings (SSSR count). The molecule has 1 aromatic carbocycles. The number of hydrogen-bond donors (Lipinski definition) is 1. The second-order valence-corrected chi connectivity index (χ2v) is 6.37. The number of amides is 1. The van der Waals surface area contributed by atoms with Gasteiger partial charge in [0.25, 0.3) is 5.91 Å². The number of aromatic nitrogens is 1. The minimum absolute atomic E-state index is 0.165. The van der Waals surface area contributed by atoms with Crippen molar-refractivity contribution in [3.05, 3.63) is 46.7 Å². The summed E-state index contributed by atoms with van der Waals surface area (Å²) in [5, 5.41) is 11.0. The van der Waals surface area contributed by atoms with E-state index in [4.69, 9.17) is 9.26 Å². The van der Waals surface area contributed by atoms with Gasteiger partial charge in [-0.05, 0) is 42.1 Å². The highest BCUT2D eigenvalue weighted by molar-refractivity contribution is 7.08. The van der Waals surface area contributed by atoms with Crippen molar-refractivity contribution in [1.29, 1.82) is 0 Å².